The van der Waals surface area contributed by atoms with Gasteiger partial charge < -0.3 is 15.4 Å². The Morgan fingerprint density at radius 1 is 1.21 bits per heavy atom. The molecule has 0 bridgehead atoms. The standard InChI is InChI=1S/C22H23FN6O4/c1-13(30)25-10-17-12-29(22(32)33-17)16-6-7-18(19(23)8-16)15-4-2-14(3-5-15)9-24-11-20-26-21(31)28-27-20/h2-8,17,24H,9-12H2,1H3,(H,25,30)(H2,26,27,28,31)/t17-/m0/s1. The summed E-state index contributed by atoms with van der Waals surface area (Å²) in [6, 6.07) is 12.0. The van der Waals surface area contributed by atoms with Crippen LogP contribution in [-0.4, -0.2) is 46.4 Å². The smallest absolute Gasteiger partial charge is 0.414 e. The van der Waals surface area contributed by atoms with Gasteiger partial charge in [-0.3, -0.25) is 14.7 Å². The molecule has 4 N–H and O–H groups in total. The minimum Gasteiger partial charge on any atom is -0.442 e. The molecule has 33 heavy (non-hydrogen) atoms. The average Bonchev–Trinajstić information content (AvgIpc) is 3.38. The lowest BCUT2D eigenvalue weighted by atomic mass is 10.0. The topological polar surface area (TPSA) is 132 Å². The molecule has 11 heteroatoms. The van der Waals surface area contributed by atoms with Gasteiger partial charge in [-0.2, -0.15) is 5.10 Å². The number of carbonyl (C=O) groups excluding carboxylic acids is 2. The fraction of sp³-hybridized carbons (Fsp3) is 0.273. The predicted molar refractivity (Wildman–Crippen MR) is 118 cm³/mol. The Morgan fingerprint density at radius 3 is 2.67 bits per heavy atom. The maximum atomic E-state index is 14.9. The molecule has 0 unspecified atom stereocenters. The third-order valence-electron chi connectivity index (χ3n) is 5.15. The van der Waals surface area contributed by atoms with E-state index in [-0.39, 0.29) is 24.7 Å². The van der Waals surface area contributed by atoms with Crippen LogP contribution >= 0.6 is 0 Å². The number of carbonyl (C=O) groups is 2. The molecule has 1 aromatic heterocycles. The van der Waals surface area contributed by atoms with Crippen LogP contribution < -0.4 is 21.2 Å². The van der Waals surface area contributed by atoms with E-state index in [1.54, 1.807) is 12.1 Å². The third kappa shape index (κ3) is 5.44. The first-order chi connectivity index (χ1) is 15.9. The monoisotopic (exact) mass is 454 g/mol. The van der Waals surface area contributed by atoms with Gasteiger partial charge in [-0.15, -0.1) is 0 Å². The average molecular weight is 454 g/mol. The van der Waals surface area contributed by atoms with E-state index in [0.29, 0.717) is 35.7 Å². The summed E-state index contributed by atoms with van der Waals surface area (Å²) in [6.07, 6.45) is -1.06. The van der Waals surface area contributed by atoms with Gasteiger partial charge in [0.2, 0.25) is 5.91 Å². The van der Waals surface area contributed by atoms with E-state index in [1.807, 2.05) is 24.3 Å². The number of halogens is 1. The van der Waals surface area contributed by atoms with Crippen LogP contribution in [0, 0.1) is 5.82 Å². The number of nitrogens with zero attached hydrogens (tertiary/aromatic N) is 2. The summed E-state index contributed by atoms with van der Waals surface area (Å²) in [5, 5.41) is 11.9. The van der Waals surface area contributed by atoms with Gasteiger partial charge in [-0.05, 0) is 29.3 Å². The number of benzene rings is 2. The number of cyclic esters (lactones) is 1. The number of amides is 2. The number of aromatic amines is 2. The summed E-state index contributed by atoms with van der Waals surface area (Å²) in [7, 11) is 0. The SMILES string of the molecule is CC(=O)NC[C@H]1CN(c2ccc(-c3ccc(CNCc4n[nH]c(=O)[nH]4)cc3)c(F)c2)C(=O)O1. The van der Waals surface area contributed by atoms with Gasteiger partial charge in [0.25, 0.3) is 0 Å². The normalized spacial score (nSPS) is 15.5. The van der Waals surface area contributed by atoms with Gasteiger partial charge in [0.15, 0.2) is 0 Å². The van der Waals surface area contributed by atoms with E-state index < -0.39 is 18.0 Å². The van der Waals surface area contributed by atoms with Crippen molar-refractivity contribution >= 4 is 17.7 Å². The Balaban J connectivity index is 1.38. The molecule has 1 aliphatic heterocycles. The summed E-state index contributed by atoms with van der Waals surface area (Å²) < 4.78 is 20.1. The Bertz CT molecular complexity index is 1210. The van der Waals surface area contributed by atoms with Gasteiger partial charge in [-0.25, -0.2) is 19.1 Å². The van der Waals surface area contributed by atoms with Gasteiger partial charge in [0.05, 0.1) is 25.3 Å². The molecular formula is C22H23FN6O4. The first-order valence-corrected chi connectivity index (χ1v) is 10.3. The summed E-state index contributed by atoms with van der Waals surface area (Å²) in [6.45, 7) is 2.77. The Kier molecular flexibility index (Phi) is 6.50. The van der Waals surface area contributed by atoms with Gasteiger partial charge in [-0.1, -0.05) is 24.3 Å². The number of anilines is 1. The molecule has 1 saturated heterocycles. The van der Waals surface area contributed by atoms with Gasteiger partial charge in [0.1, 0.15) is 17.7 Å². The molecule has 0 radical (unpaired) electrons. The summed E-state index contributed by atoms with van der Waals surface area (Å²) >= 11 is 0. The van der Waals surface area contributed by atoms with E-state index in [4.69, 9.17) is 4.74 Å². The maximum Gasteiger partial charge on any atom is 0.414 e. The van der Waals surface area contributed by atoms with Crippen molar-refractivity contribution in [2.24, 2.45) is 0 Å². The van der Waals surface area contributed by atoms with Crippen LogP contribution in [0.5, 0.6) is 0 Å². The van der Waals surface area contributed by atoms with Crippen LogP contribution in [0.15, 0.2) is 47.3 Å². The first-order valence-electron chi connectivity index (χ1n) is 10.3. The van der Waals surface area contributed by atoms with E-state index in [1.165, 1.54) is 17.9 Å². The molecule has 1 fully saturated rings. The van der Waals surface area contributed by atoms with Crippen molar-refractivity contribution in [2.45, 2.75) is 26.1 Å². The predicted octanol–water partition coefficient (Wildman–Crippen LogP) is 1.66. The molecule has 0 aliphatic carbocycles. The van der Waals surface area contributed by atoms with Gasteiger partial charge >= 0.3 is 11.8 Å². The number of aromatic nitrogens is 3. The number of ether oxygens (including phenoxy) is 1. The zero-order chi connectivity index (χ0) is 23.4. The number of hydrogen-bond acceptors (Lipinski definition) is 6. The molecule has 3 aromatic rings. The molecule has 2 amide bonds. The van der Waals surface area contributed by atoms with Crippen molar-refractivity contribution in [2.75, 3.05) is 18.0 Å². The van der Waals surface area contributed by atoms with Crippen LogP contribution in [0.3, 0.4) is 0 Å². The highest BCUT2D eigenvalue weighted by atomic mass is 19.1. The first kappa shape index (κ1) is 22.2. The van der Waals surface area contributed by atoms with Crippen LogP contribution in [0.4, 0.5) is 14.9 Å². The molecule has 0 spiro atoms. The lowest BCUT2D eigenvalue weighted by Gasteiger charge is -2.15. The molecular weight excluding hydrogens is 431 g/mol. The molecule has 4 rings (SSSR count). The van der Waals surface area contributed by atoms with Crippen LogP contribution in [-0.2, 0) is 22.6 Å². The van der Waals surface area contributed by atoms with Crippen molar-refractivity contribution in [3.05, 3.63) is 70.2 Å². The van der Waals surface area contributed by atoms with E-state index in [9.17, 15) is 18.8 Å². The Hall–Kier alpha value is -3.99. The summed E-state index contributed by atoms with van der Waals surface area (Å²) in [4.78, 5) is 38.1. The molecule has 2 aromatic carbocycles. The summed E-state index contributed by atoms with van der Waals surface area (Å²) in [5.41, 5.74) is 2.14. The zero-order valence-corrected chi connectivity index (χ0v) is 17.9. The van der Waals surface area contributed by atoms with E-state index in [0.717, 1.165) is 5.56 Å². The third-order valence-corrected chi connectivity index (χ3v) is 5.15. The molecule has 1 atom stereocenters. The molecule has 2 heterocycles. The fourth-order valence-corrected chi connectivity index (χ4v) is 3.52. The van der Waals surface area contributed by atoms with Crippen LogP contribution in [0.25, 0.3) is 11.1 Å². The number of nitrogens with one attached hydrogen (secondary N) is 4. The van der Waals surface area contributed by atoms with Crippen molar-refractivity contribution in [3.8, 4) is 11.1 Å². The van der Waals surface area contributed by atoms with E-state index >= 15 is 0 Å². The van der Waals surface area contributed by atoms with Crippen molar-refractivity contribution in [1.82, 2.24) is 25.8 Å². The van der Waals surface area contributed by atoms with Crippen molar-refractivity contribution in [3.63, 3.8) is 0 Å². The lowest BCUT2D eigenvalue weighted by Crippen LogP contribution is -2.33. The van der Waals surface area contributed by atoms with Crippen LogP contribution in [0.1, 0.15) is 18.3 Å². The Morgan fingerprint density at radius 2 is 2.00 bits per heavy atom. The molecule has 172 valence electrons. The maximum absolute atomic E-state index is 14.9. The minimum absolute atomic E-state index is 0.207. The zero-order valence-electron chi connectivity index (χ0n) is 17.9. The fourth-order valence-electron chi connectivity index (χ4n) is 3.52. The molecule has 10 nitrogen and oxygen atoms in total. The second-order valence-corrected chi connectivity index (χ2v) is 7.64. The highest BCUT2D eigenvalue weighted by Crippen LogP contribution is 2.29. The quantitative estimate of drug-likeness (QED) is 0.409. The Labute approximate surface area is 188 Å². The van der Waals surface area contributed by atoms with Crippen LogP contribution in [0.2, 0.25) is 0 Å². The highest BCUT2D eigenvalue weighted by Gasteiger charge is 2.32. The highest BCUT2D eigenvalue weighted by molar-refractivity contribution is 5.90. The second-order valence-electron chi connectivity index (χ2n) is 7.64. The molecule has 1 aliphatic rings. The number of H-pyrrole nitrogens is 2. The lowest BCUT2D eigenvalue weighted by molar-refractivity contribution is -0.119. The minimum atomic E-state index is -0.576. The van der Waals surface area contributed by atoms with Gasteiger partial charge in [0, 0.05) is 19.0 Å². The van der Waals surface area contributed by atoms with Crippen molar-refractivity contribution in [1.29, 1.82) is 0 Å². The van der Waals surface area contributed by atoms with Crippen molar-refractivity contribution < 1.29 is 18.7 Å². The summed E-state index contributed by atoms with van der Waals surface area (Å²) in [5.74, 6) is -0.156. The number of hydrogen-bond donors (Lipinski definition) is 4. The molecule has 0 saturated carbocycles. The largest absolute Gasteiger partial charge is 0.442 e. The second kappa shape index (κ2) is 9.65. The van der Waals surface area contributed by atoms with E-state index in [2.05, 4.69) is 25.8 Å². The number of rotatable bonds is 8.